The Balaban J connectivity index is 2.17. The van der Waals surface area contributed by atoms with E-state index in [1.807, 2.05) is 42.5 Å². The highest BCUT2D eigenvalue weighted by atomic mass is 35.6. The molecule has 0 bridgehead atoms. The molecule has 0 radical (unpaired) electrons. The Bertz CT molecular complexity index is 964. The Labute approximate surface area is 203 Å². The third kappa shape index (κ3) is 5.34. The Hall–Kier alpha value is -1.21. The fourth-order valence-electron chi connectivity index (χ4n) is 2.94. The molecule has 1 amide bonds. The van der Waals surface area contributed by atoms with E-state index in [0.717, 1.165) is 11.1 Å². The van der Waals surface area contributed by atoms with Crippen molar-refractivity contribution in [2.24, 2.45) is 15.7 Å². The third-order valence-corrected chi connectivity index (χ3v) is 5.32. The van der Waals surface area contributed by atoms with E-state index in [-0.39, 0.29) is 18.1 Å². The molecule has 1 aliphatic rings. The van der Waals surface area contributed by atoms with Gasteiger partial charge in [-0.2, -0.15) is 0 Å². The SMILES string of the molecule is NC(=O)CC1(c2ccc(-c3ccccc3)cc2)N=C(C(Cl)(Cl)Cl)NC(C(Cl)(Cl)Cl)=N1. The van der Waals surface area contributed by atoms with Gasteiger partial charge in [0.25, 0.3) is 0 Å². The van der Waals surface area contributed by atoms with Gasteiger partial charge in [-0.15, -0.1) is 0 Å². The van der Waals surface area contributed by atoms with Crippen molar-refractivity contribution in [3.05, 3.63) is 60.2 Å². The van der Waals surface area contributed by atoms with Crippen LogP contribution in [-0.2, 0) is 10.5 Å². The number of nitrogens with one attached hydrogen (secondary N) is 1. The average molecular weight is 527 g/mol. The second-order valence-electron chi connectivity index (χ2n) is 6.44. The van der Waals surface area contributed by atoms with Gasteiger partial charge < -0.3 is 11.1 Å². The topological polar surface area (TPSA) is 79.8 Å². The van der Waals surface area contributed by atoms with Crippen LogP contribution in [0.1, 0.15) is 12.0 Å². The van der Waals surface area contributed by atoms with Crippen molar-refractivity contribution in [1.29, 1.82) is 0 Å². The van der Waals surface area contributed by atoms with Crippen LogP contribution in [-0.4, -0.2) is 25.2 Å². The van der Waals surface area contributed by atoms with E-state index in [4.69, 9.17) is 75.3 Å². The van der Waals surface area contributed by atoms with Gasteiger partial charge in [0, 0.05) is 5.56 Å². The van der Waals surface area contributed by atoms with Crippen molar-refractivity contribution in [3.63, 3.8) is 0 Å². The van der Waals surface area contributed by atoms with Crippen LogP contribution in [0.5, 0.6) is 0 Å². The molecular weight excluding hydrogens is 513 g/mol. The largest absolute Gasteiger partial charge is 0.370 e. The molecule has 3 rings (SSSR count). The standard InChI is InChI=1S/C19H14Cl6N4O/c20-18(21,22)15-27-16(19(23,24)25)29-17(28-15,10-14(26)30)13-8-6-12(7-9-13)11-4-2-1-3-5-11/h1-9H,10H2,(H2,26,30)(H,27,28,29). The summed E-state index contributed by atoms with van der Waals surface area (Å²) in [6.07, 6.45) is -0.339. The summed E-state index contributed by atoms with van der Waals surface area (Å²) >= 11 is 36.1. The maximum absolute atomic E-state index is 11.9. The van der Waals surface area contributed by atoms with Gasteiger partial charge >= 0.3 is 0 Å². The van der Waals surface area contributed by atoms with E-state index in [9.17, 15) is 4.79 Å². The van der Waals surface area contributed by atoms with Gasteiger partial charge in [-0.3, -0.25) is 4.79 Å². The van der Waals surface area contributed by atoms with Crippen LogP contribution in [0.2, 0.25) is 0 Å². The van der Waals surface area contributed by atoms with Gasteiger partial charge in [0.2, 0.25) is 13.5 Å². The van der Waals surface area contributed by atoms with Gasteiger partial charge in [0.1, 0.15) is 0 Å². The quantitative estimate of drug-likeness (QED) is 0.514. The van der Waals surface area contributed by atoms with Crippen molar-refractivity contribution in [2.75, 3.05) is 0 Å². The molecule has 30 heavy (non-hydrogen) atoms. The van der Waals surface area contributed by atoms with E-state index in [1.165, 1.54) is 0 Å². The van der Waals surface area contributed by atoms with Gasteiger partial charge in [-0.1, -0.05) is 124 Å². The number of hydrogen-bond acceptors (Lipinski definition) is 4. The van der Waals surface area contributed by atoms with Crippen molar-refractivity contribution in [1.82, 2.24) is 5.32 Å². The minimum absolute atomic E-state index is 0.155. The Morgan fingerprint density at radius 1 is 0.833 bits per heavy atom. The minimum atomic E-state index is -2.00. The van der Waals surface area contributed by atoms with Gasteiger partial charge in [0.05, 0.1) is 6.42 Å². The maximum atomic E-state index is 11.9. The highest BCUT2D eigenvalue weighted by Crippen LogP contribution is 2.41. The van der Waals surface area contributed by atoms with E-state index >= 15 is 0 Å². The zero-order valence-electron chi connectivity index (χ0n) is 15.1. The number of nitrogens with two attached hydrogens (primary N) is 1. The van der Waals surface area contributed by atoms with Crippen molar-refractivity contribution in [3.8, 4) is 11.1 Å². The number of halogens is 6. The highest BCUT2D eigenvalue weighted by molar-refractivity contribution is 6.79. The first-order valence-electron chi connectivity index (χ1n) is 8.46. The Morgan fingerprint density at radius 3 is 1.73 bits per heavy atom. The maximum Gasteiger partial charge on any atom is 0.247 e. The summed E-state index contributed by atoms with van der Waals surface area (Å²) in [6.45, 7) is 0. The van der Waals surface area contributed by atoms with Crippen LogP contribution in [0, 0.1) is 0 Å². The number of rotatable bonds is 4. The highest BCUT2D eigenvalue weighted by Gasteiger charge is 2.45. The first-order chi connectivity index (χ1) is 13.9. The molecule has 0 fully saturated rings. The van der Waals surface area contributed by atoms with Gasteiger partial charge in [-0.25, -0.2) is 9.98 Å². The fraction of sp³-hybridized carbons (Fsp3) is 0.211. The fourth-order valence-corrected chi connectivity index (χ4v) is 3.48. The van der Waals surface area contributed by atoms with E-state index < -0.39 is 19.2 Å². The smallest absolute Gasteiger partial charge is 0.247 e. The first kappa shape index (κ1) is 23.5. The number of alkyl halides is 6. The molecule has 1 aliphatic heterocycles. The van der Waals surface area contributed by atoms with E-state index in [0.29, 0.717) is 5.56 Å². The summed E-state index contributed by atoms with van der Waals surface area (Å²) in [4.78, 5) is 20.7. The Kier molecular flexibility index (Phi) is 6.83. The number of carbonyl (C=O) groups is 1. The first-order valence-corrected chi connectivity index (χ1v) is 10.7. The van der Waals surface area contributed by atoms with Crippen molar-refractivity contribution >= 4 is 87.2 Å². The molecule has 2 aromatic rings. The van der Waals surface area contributed by atoms with E-state index in [2.05, 4.69) is 15.3 Å². The van der Waals surface area contributed by atoms with E-state index in [1.54, 1.807) is 12.1 Å². The van der Waals surface area contributed by atoms with Crippen LogP contribution in [0.15, 0.2) is 64.6 Å². The van der Waals surface area contributed by atoms with Crippen LogP contribution in [0.25, 0.3) is 11.1 Å². The number of nitrogens with zero attached hydrogens (tertiary/aromatic N) is 2. The lowest BCUT2D eigenvalue weighted by molar-refractivity contribution is -0.119. The number of amides is 1. The van der Waals surface area contributed by atoms with Crippen LogP contribution in [0.4, 0.5) is 0 Å². The third-order valence-electron chi connectivity index (χ3n) is 4.24. The number of benzene rings is 2. The molecule has 3 N–H and O–H groups in total. The molecule has 2 aromatic carbocycles. The second-order valence-corrected chi connectivity index (χ2v) is 11.0. The lowest BCUT2D eigenvalue weighted by Gasteiger charge is -2.35. The predicted octanol–water partition coefficient (Wildman–Crippen LogP) is 5.52. The summed E-state index contributed by atoms with van der Waals surface area (Å²) in [7, 11) is 0. The summed E-state index contributed by atoms with van der Waals surface area (Å²) in [5.41, 5.74) is 6.35. The van der Waals surface area contributed by atoms with Gasteiger partial charge in [-0.05, 0) is 11.1 Å². The minimum Gasteiger partial charge on any atom is -0.370 e. The molecule has 0 aromatic heterocycles. The lowest BCUT2D eigenvalue weighted by Crippen LogP contribution is -2.51. The summed E-state index contributed by atoms with van der Waals surface area (Å²) in [5, 5.41) is 2.62. The summed E-state index contributed by atoms with van der Waals surface area (Å²) in [5.74, 6) is -1.00. The molecular formula is C19H14Cl6N4O. The average Bonchev–Trinajstić information content (AvgIpc) is 2.66. The molecule has 5 nitrogen and oxygen atoms in total. The summed E-state index contributed by atoms with van der Waals surface area (Å²) in [6, 6.07) is 16.9. The summed E-state index contributed by atoms with van der Waals surface area (Å²) < 4.78 is -3.99. The molecule has 0 saturated carbocycles. The predicted molar refractivity (Wildman–Crippen MR) is 126 cm³/mol. The Morgan fingerprint density at radius 2 is 1.30 bits per heavy atom. The lowest BCUT2D eigenvalue weighted by atomic mass is 9.93. The van der Waals surface area contributed by atoms with Crippen LogP contribution < -0.4 is 11.1 Å². The van der Waals surface area contributed by atoms with Crippen molar-refractivity contribution in [2.45, 2.75) is 19.7 Å². The molecule has 0 aliphatic carbocycles. The second kappa shape index (κ2) is 8.73. The molecule has 0 atom stereocenters. The van der Waals surface area contributed by atoms with Gasteiger partial charge in [0.15, 0.2) is 17.3 Å². The normalized spacial score (nSPS) is 16.3. The number of aliphatic imine (C=N–C) groups is 2. The molecule has 11 heteroatoms. The number of primary amides is 1. The van der Waals surface area contributed by atoms with Crippen LogP contribution in [0.3, 0.4) is 0 Å². The number of carbonyl (C=O) groups excluding carboxylic acids is 1. The number of amidine groups is 2. The monoisotopic (exact) mass is 524 g/mol. The zero-order valence-corrected chi connectivity index (χ0v) is 19.6. The zero-order chi connectivity index (χ0) is 22.2. The van der Waals surface area contributed by atoms with Crippen LogP contribution >= 0.6 is 69.6 Å². The molecule has 1 heterocycles. The van der Waals surface area contributed by atoms with Crippen molar-refractivity contribution < 1.29 is 4.79 Å². The molecule has 0 unspecified atom stereocenters. The molecule has 0 saturated heterocycles. The number of hydrogen-bond donors (Lipinski definition) is 2. The molecule has 0 spiro atoms. The molecule has 158 valence electrons.